The number of nitroso groups, excluding NO2 is 1. The van der Waals surface area contributed by atoms with Gasteiger partial charge >= 0.3 is 0 Å². The van der Waals surface area contributed by atoms with Gasteiger partial charge in [-0.3, -0.25) is 4.79 Å². The van der Waals surface area contributed by atoms with Gasteiger partial charge in [-0.25, -0.2) is 0 Å². The Balaban J connectivity index is 2.59. The Hall–Kier alpha value is -1.77. The van der Waals surface area contributed by atoms with Crippen LogP contribution in [0.3, 0.4) is 0 Å². The molecule has 0 spiro atoms. The van der Waals surface area contributed by atoms with Crippen LogP contribution in [0.4, 0.5) is 0 Å². The highest BCUT2D eigenvalue weighted by Crippen LogP contribution is 2.27. The molecule has 1 aromatic carbocycles. The molecule has 0 N–H and O–H groups in total. The van der Waals surface area contributed by atoms with Gasteiger partial charge in [0, 0.05) is 0 Å². The van der Waals surface area contributed by atoms with Crippen LogP contribution in [0.25, 0.3) is 6.08 Å². The topological polar surface area (TPSA) is 46.5 Å². The molecule has 64 valence electrons. The van der Waals surface area contributed by atoms with Crippen LogP contribution in [0.5, 0.6) is 0 Å². The highest BCUT2D eigenvalue weighted by Gasteiger charge is 2.24. The van der Waals surface area contributed by atoms with E-state index in [4.69, 9.17) is 0 Å². The molecule has 1 aromatic rings. The molecule has 13 heavy (non-hydrogen) atoms. The molecule has 1 aliphatic carbocycles. The molecule has 0 saturated heterocycles. The van der Waals surface area contributed by atoms with E-state index in [1.54, 1.807) is 18.2 Å². The molecule has 1 unspecified atom stereocenters. The van der Waals surface area contributed by atoms with Crippen molar-refractivity contribution in [1.82, 2.24) is 0 Å². The van der Waals surface area contributed by atoms with Crippen molar-refractivity contribution in [2.24, 2.45) is 5.18 Å². The average molecular weight is 173 g/mol. The van der Waals surface area contributed by atoms with E-state index in [-0.39, 0.29) is 5.78 Å². The van der Waals surface area contributed by atoms with Gasteiger partial charge in [-0.15, -0.1) is 4.91 Å². The van der Waals surface area contributed by atoms with E-state index >= 15 is 0 Å². The van der Waals surface area contributed by atoms with E-state index < -0.39 is 6.04 Å². The molecule has 0 heterocycles. The Bertz CT molecular complexity index is 396. The molecule has 1 aliphatic rings. The maximum absolute atomic E-state index is 11.2. The lowest BCUT2D eigenvalue weighted by atomic mass is 9.93. The summed E-state index contributed by atoms with van der Waals surface area (Å²) in [6, 6.07) is 6.42. The number of benzene rings is 1. The van der Waals surface area contributed by atoms with Crippen molar-refractivity contribution in [3.05, 3.63) is 46.4 Å². The van der Waals surface area contributed by atoms with Gasteiger partial charge in [-0.05, 0) is 17.2 Å². The fraction of sp³-hybridized carbons (Fsp3) is 0.100. The highest BCUT2D eigenvalue weighted by molar-refractivity contribution is 6.01. The van der Waals surface area contributed by atoms with Crippen LogP contribution >= 0.6 is 0 Å². The molecule has 0 bridgehead atoms. The molecule has 0 fully saturated rings. The smallest absolute Gasteiger partial charge is 0.188 e. The summed E-state index contributed by atoms with van der Waals surface area (Å²) in [6.07, 6.45) is 3.10. The summed E-state index contributed by atoms with van der Waals surface area (Å²) in [7, 11) is 0. The molecule has 2 rings (SSSR count). The third kappa shape index (κ3) is 1.18. The standard InChI is InChI=1S/C10H7NO2/c12-9-6-5-7-3-1-2-4-8(7)10(9)11-13/h1-6,10H. The zero-order valence-corrected chi connectivity index (χ0v) is 6.81. The largest absolute Gasteiger partial charge is 0.292 e. The van der Waals surface area contributed by atoms with Gasteiger partial charge in [0.2, 0.25) is 0 Å². The SMILES string of the molecule is O=NC1C(=O)C=Cc2ccccc21. The molecule has 0 aromatic heterocycles. The lowest BCUT2D eigenvalue weighted by Gasteiger charge is -2.13. The maximum Gasteiger partial charge on any atom is 0.188 e. The van der Waals surface area contributed by atoms with Crippen LogP contribution in [0, 0.1) is 4.91 Å². The minimum atomic E-state index is -0.846. The van der Waals surface area contributed by atoms with E-state index in [0.29, 0.717) is 5.56 Å². The first-order valence-corrected chi connectivity index (χ1v) is 3.96. The average Bonchev–Trinajstić information content (AvgIpc) is 2.18. The Morgan fingerprint density at radius 1 is 1.15 bits per heavy atom. The van der Waals surface area contributed by atoms with Crippen molar-refractivity contribution in [3.8, 4) is 0 Å². The maximum atomic E-state index is 11.2. The molecular formula is C10H7NO2. The summed E-state index contributed by atoms with van der Waals surface area (Å²) in [5, 5.41) is 2.82. The first-order chi connectivity index (χ1) is 6.33. The first kappa shape index (κ1) is 7.86. The van der Waals surface area contributed by atoms with Crippen LogP contribution < -0.4 is 0 Å². The van der Waals surface area contributed by atoms with Gasteiger partial charge in [0.15, 0.2) is 11.8 Å². The number of rotatable bonds is 1. The molecule has 0 saturated carbocycles. The van der Waals surface area contributed by atoms with Gasteiger partial charge in [-0.2, -0.15) is 0 Å². The quantitative estimate of drug-likeness (QED) is 0.610. The third-order valence-electron chi connectivity index (χ3n) is 2.09. The number of hydrogen-bond donors (Lipinski definition) is 0. The zero-order valence-electron chi connectivity index (χ0n) is 6.81. The molecule has 3 heteroatoms. The minimum absolute atomic E-state index is 0.242. The number of hydrogen-bond acceptors (Lipinski definition) is 3. The summed E-state index contributed by atoms with van der Waals surface area (Å²) >= 11 is 0. The summed E-state index contributed by atoms with van der Waals surface area (Å²) in [5.74, 6) is -0.242. The van der Waals surface area contributed by atoms with Gasteiger partial charge in [0.1, 0.15) is 0 Å². The Morgan fingerprint density at radius 3 is 2.69 bits per heavy atom. The number of carbonyl (C=O) groups is 1. The summed E-state index contributed by atoms with van der Waals surface area (Å²) < 4.78 is 0. The minimum Gasteiger partial charge on any atom is -0.292 e. The normalized spacial score (nSPS) is 19.7. The van der Waals surface area contributed by atoms with Gasteiger partial charge in [0.25, 0.3) is 0 Å². The summed E-state index contributed by atoms with van der Waals surface area (Å²) in [6.45, 7) is 0. The van der Waals surface area contributed by atoms with Crippen LogP contribution in [-0.4, -0.2) is 5.78 Å². The summed E-state index contributed by atoms with van der Waals surface area (Å²) in [5.41, 5.74) is 1.59. The van der Waals surface area contributed by atoms with E-state index in [9.17, 15) is 9.70 Å². The molecule has 0 radical (unpaired) electrons. The number of fused-ring (bicyclic) bond motifs is 1. The molecule has 3 nitrogen and oxygen atoms in total. The van der Waals surface area contributed by atoms with E-state index in [1.165, 1.54) is 6.08 Å². The summed E-state index contributed by atoms with van der Waals surface area (Å²) in [4.78, 5) is 21.6. The highest BCUT2D eigenvalue weighted by atomic mass is 16.3. The zero-order chi connectivity index (χ0) is 9.26. The second kappa shape index (κ2) is 2.94. The van der Waals surface area contributed by atoms with Crippen molar-refractivity contribution in [1.29, 1.82) is 0 Å². The number of ketones is 1. The number of nitrogens with zero attached hydrogens (tertiary/aromatic N) is 1. The molecule has 0 amide bonds. The predicted molar refractivity (Wildman–Crippen MR) is 49.0 cm³/mol. The van der Waals surface area contributed by atoms with Gasteiger partial charge < -0.3 is 0 Å². The Kier molecular flexibility index (Phi) is 1.77. The lowest BCUT2D eigenvalue weighted by Crippen LogP contribution is -2.11. The molecule has 1 atom stereocenters. The van der Waals surface area contributed by atoms with Crippen LogP contribution in [0.15, 0.2) is 35.5 Å². The first-order valence-electron chi connectivity index (χ1n) is 3.96. The van der Waals surface area contributed by atoms with E-state index in [1.807, 2.05) is 12.1 Å². The van der Waals surface area contributed by atoms with Crippen molar-refractivity contribution >= 4 is 11.9 Å². The van der Waals surface area contributed by atoms with Gasteiger partial charge in [0.05, 0.1) is 0 Å². The van der Waals surface area contributed by atoms with Gasteiger partial charge in [-0.1, -0.05) is 35.5 Å². The van der Waals surface area contributed by atoms with Crippen LogP contribution in [0.2, 0.25) is 0 Å². The van der Waals surface area contributed by atoms with Crippen molar-refractivity contribution in [2.75, 3.05) is 0 Å². The van der Waals surface area contributed by atoms with E-state index in [2.05, 4.69) is 5.18 Å². The predicted octanol–water partition coefficient (Wildman–Crippen LogP) is 2.09. The molecule has 0 aliphatic heterocycles. The second-order valence-electron chi connectivity index (χ2n) is 2.87. The Morgan fingerprint density at radius 2 is 1.92 bits per heavy atom. The number of carbonyl (C=O) groups excluding carboxylic acids is 1. The van der Waals surface area contributed by atoms with Crippen LogP contribution in [0.1, 0.15) is 17.2 Å². The van der Waals surface area contributed by atoms with E-state index in [0.717, 1.165) is 5.56 Å². The fourth-order valence-corrected chi connectivity index (χ4v) is 1.44. The molecular weight excluding hydrogens is 166 g/mol. The monoisotopic (exact) mass is 173 g/mol. The Labute approximate surface area is 75.1 Å². The van der Waals surface area contributed by atoms with Crippen molar-refractivity contribution in [2.45, 2.75) is 6.04 Å². The second-order valence-corrected chi connectivity index (χ2v) is 2.87. The van der Waals surface area contributed by atoms with Crippen molar-refractivity contribution in [3.63, 3.8) is 0 Å². The lowest BCUT2D eigenvalue weighted by molar-refractivity contribution is -0.115. The van der Waals surface area contributed by atoms with Crippen molar-refractivity contribution < 1.29 is 4.79 Å². The van der Waals surface area contributed by atoms with Crippen LogP contribution in [-0.2, 0) is 4.79 Å². The third-order valence-corrected chi connectivity index (χ3v) is 2.09. The fourth-order valence-electron chi connectivity index (χ4n) is 1.44.